The summed E-state index contributed by atoms with van der Waals surface area (Å²) in [4.78, 5) is 27.9. The lowest BCUT2D eigenvalue weighted by atomic mass is 9.96. The number of likely N-dealkylation sites (N-methyl/N-ethyl adjacent to an activating group) is 1. The first-order valence-electron chi connectivity index (χ1n) is 6.44. The Kier molecular flexibility index (Phi) is 2.78. The molecule has 0 aromatic heterocycles. The van der Waals surface area contributed by atoms with E-state index < -0.39 is 5.54 Å². The Balaban J connectivity index is 2.01. The van der Waals surface area contributed by atoms with E-state index in [1.165, 1.54) is 4.90 Å². The molecule has 1 saturated carbocycles. The van der Waals surface area contributed by atoms with Gasteiger partial charge in [-0.05, 0) is 37.1 Å². The molecule has 1 aliphatic heterocycles. The Morgan fingerprint density at radius 1 is 1.11 bits per heavy atom. The van der Waals surface area contributed by atoms with Gasteiger partial charge in [-0.1, -0.05) is 24.4 Å². The number of benzene rings is 1. The molecule has 3 rings (SSSR count). The molecule has 2 fully saturated rings. The number of nitrogens with zero attached hydrogens (tertiary/aromatic N) is 2. The molecule has 1 heterocycles. The van der Waals surface area contributed by atoms with Gasteiger partial charge in [0.15, 0.2) is 0 Å². The van der Waals surface area contributed by atoms with Crippen LogP contribution in [-0.2, 0) is 4.79 Å². The number of hydrogen-bond acceptors (Lipinski definition) is 2. The van der Waals surface area contributed by atoms with E-state index in [0.717, 1.165) is 25.7 Å². The van der Waals surface area contributed by atoms with Crippen molar-refractivity contribution in [1.29, 1.82) is 0 Å². The summed E-state index contributed by atoms with van der Waals surface area (Å²) in [6, 6.07) is 6.56. The zero-order valence-corrected chi connectivity index (χ0v) is 11.5. The third kappa shape index (κ3) is 1.66. The predicted molar refractivity (Wildman–Crippen MR) is 73.3 cm³/mol. The molecule has 4 nitrogen and oxygen atoms in total. The summed E-state index contributed by atoms with van der Waals surface area (Å²) in [7, 11) is 1.72. The molecule has 1 aromatic carbocycles. The van der Waals surface area contributed by atoms with Crippen molar-refractivity contribution in [3.05, 3.63) is 29.3 Å². The Labute approximate surface area is 116 Å². The second kappa shape index (κ2) is 4.23. The van der Waals surface area contributed by atoms with Gasteiger partial charge in [0.25, 0.3) is 5.91 Å². The highest BCUT2D eigenvalue weighted by Gasteiger charge is 2.57. The van der Waals surface area contributed by atoms with Crippen LogP contribution in [-0.4, -0.2) is 29.4 Å². The van der Waals surface area contributed by atoms with Crippen molar-refractivity contribution in [2.24, 2.45) is 0 Å². The van der Waals surface area contributed by atoms with E-state index in [2.05, 4.69) is 0 Å². The Bertz CT molecular complexity index is 535. The van der Waals surface area contributed by atoms with Gasteiger partial charge in [-0.25, -0.2) is 9.69 Å². The van der Waals surface area contributed by atoms with Crippen molar-refractivity contribution in [3.8, 4) is 0 Å². The smallest absolute Gasteiger partial charge is 0.312 e. The van der Waals surface area contributed by atoms with Gasteiger partial charge in [0, 0.05) is 12.1 Å². The van der Waals surface area contributed by atoms with Crippen LogP contribution < -0.4 is 4.90 Å². The Hall–Kier alpha value is -1.55. The van der Waals surface area contributed by atoms with E-state index in [1.807, 2.05) is 0 Å². The standard InChI is InChI=1S/C14H15ClN2O2/c1-16-13(19)17(11-6-4-10(15)5-7-11)12(18)14(16)8-2-3-9-14/h4-7H,2-3,8-9H2,1H3. The fraction of sp³-hybridized carbons (Fsp3) is 0.429. The van der Waals surface area contributed by atoms with Gasteiger partial charge < -0.3 is 4.90 Å². The number of imide groups is 1. The lowest BCUT2D eigenvalue weighted by Gasteiger charge is -2.27. The number of rotatable bonds is 1. The van der Waals surface area contributed by atoms with Gasteiger partial charge in [0.1, 0.15) is 5.54 Å². The minimum absolute atomic E-state index is 0.0974. The van der Waals surface area contributed by atoms with Gasteiger partial charge in [0.2, 0.25) is 0 Å². The number of anilines is 1. The van der Waals surface area contributed by atoms with Gasteiger partial charge in [-0.2, -0.15) is 0 Å². The van der Waals surface area contributed by atoms with Crippen molar-refractivity contribution in [2.75, 3.05) is 11.9 Å². The molecular weight excluding hydrogens is 264 g/mol. The van der Waals surface area contributed by atoms with Crippen LogP contribution in [0, 0.1) is 0 Å². The number of amides is 3. The summed E-state index contributed by atoms with van der Waals surface area (Å²) in [6.07, 6.45) is 3.52. The lowest BCUT2D eigenvalue weighted by Crippen LogP contribution is -2.45. The third-order valence-corrected chi connectivity index (χ3v) is 4.49. The topological polar surface area (TPSA) is 40.6 Å². The number of carbonyl (C=O) groups excluding carboxylic acids is 2. The highest BCUT2D eigenvalue weighted by atomic mass is 35.5. The van der Waals surface area contributed by atoms with Gasteiger partial charge in [0.05, 0.1) is 5.69 Å². The molecule has 1 aliphatic carbocycles. The fourth-order valence-corrected chi connectivity index (χ4v) is 3.22. The molecule has 3 amide bonds. The Morgan fingerprint density at radius 3 is 2.26 bits per heavy atom. The number of hydrogen-bond donors (Lipinski definition) is 0. The maximum absolute atomic E-state index is 12.7. The van der Waals surface area contributed by atoms with Crippen LogP contribution in [0.25, 0.3) is 0 Å². The van der Waals surface area contributed by atoms with Crippen molar-refractivity contribution in [1.82, 2.24) is 4.90 Å². The van der Waals surface area contributed by atoms with E-state index in [0.29, 0.717) is 10.7 Å². The minimum atomic E-state index is -0.614. The summed E-state index contributed by atoms with van der Waals surface area (Å²) in [5, 5.41) is 0.590. The molecule has 0 unspecified atom stereocenters. The number of halogens is 1. The summed E-state index contributed by atoms with van der Waals surface area (Å²) in [6.45, 7) is 0. The fourth-order valence-electron chi connectivity index (χ4n) is 3.10. The molecule has 1 saturated heterocycles. The van der Waals surface area contributed by atoms with Crippen LogP contribution in [0.2, 0.25) is 5.02 Å². The van der Waals surface area contributed by atoms with Crippen LogP contribution in [0.5, 0.6) is 0 Å². The number of urea groups is 1. The molecule has 0 radical (unpaired) electrons. The maximum Gasteiger partial charge on any atom is 0.332 e. The monoisotopic (exact) mass is 278 g/mol. The van der Waals surface area contributed by atoms with E-state index in [9.17, 15) is 9.59 Å². The van der Waals surface area contributed by atoms with E-state index in [1.54, 1.807) is 36.2 Å². The molecular formula is C14H15ClN2O2. The first-order chi connectivity index (χ1) is 9.06. The second-order valence-corrected chi connectivity index (χ2v) is 5.63. The Morgan fingerprint density at radius 2 is 1.68 bits per heavy atom. The summed E-state index contributed by atoms with van der Waals surface area (Å²) >= 11 is 5.84. The highest BCUT2D eigenvalue weighted by molar-refractivity contribution is 6.30. The van der Waals surface area contributed by atoms with Crippen molar-refractivity contribution in [3.63, 3.8) is 0 Å². The average molecular weight is 279 g/mol. The van der Waals surface area contributed by atoms with Crippen molar-refractivity contribution < 1.29 is 9.59 Å². The van der Waals surface area contributed by atoms with Crippen LogP contribution >= 0.6 is 11.6 Å². The molecule has 1 spiro atoms. The molecule has 0 bridgehead atoms. The first-order valence-corrected chi connectivity index (χ1v) is 6.82. The molecule has 19 heavy (non-hydrogen) atoms. The van der Waals surface area contributed by atoms with Crippen LogP contribution in [0.3, 0.4) is 0 Å². The lowest BCUT2D eigenvalue weighted by molar-refractivity contribution is -0.124. The van der Waals surface area contributed by atoms with E-state index in [4.69, 9.17) is 11.6 Å². The van der Waals surface area contributed by atoms with Gasteiger partial charge in [-0.3, -0.25) is 4.79 Å². The third-order valence-electron chi connectivity index (χ3n) is 4.24. The zero-order valence-electron chi connectivity index (χ0n) is 10.7. The quantitative estimate of drug-likeness (QED) is 0.741. The molecule has 0 N–H and O–H groups in total. The van der Waals surface area contributed by atoms with Gasteiger partial charge in [-0.15, -0.1) is 0 Å². The molecule has 0 atom stereocenters. The van der Waals surface area contributed by atoms with Crippen LogP contribution in [0.4, 0.5) is 10.5 Å². The van der Waals surface area contributed by atoms with Crippen molar-refractivity contribution >= 4 is 29.2 Å². The first kappa shape index (κ1) is 12.5. The summed E-state index contributed by atoms with van der Waals surface area (Å²) in [5.41, 5.74) is -0.0217. The SMILES string of the molecule is CN1C(=O)N(c2ccc(Cl)cc2)C(=O)C12CCCC2. The number of carbonyl (C=O) groups is 2. The molecule has 1 aromatic rings. The summed E-state index contributed by atoms with van der Waals surface area (Å²) in [5.74, 6) is -0.0974. The molecule has 100 valence electrons. The molecule has 5 heteroatoms. The van der Waals surface area contributed by atoms with Crippen LogP contribution in [0.15, 0.2) is 24.3 Å². The second-order valence-electron chi connectivity index (χ2n) is 5.20. The summed E-state index contributed by atoms with van der Waals surface area (Å²) < 4.78 is 0. The maximum atomic E-state index is 12.7. The largest absolute Gasteiger partial charge is 0.332 e. The van der Waals surface area contributed by atoms with E-state index >= 15 is 0 Å². The zero-order chi connectivity index (χ0) is 13.6. The molecule has 2 aliphatic rings. The van der Waals surface area contributed by atoms with E-state index in [-0.39, 0.29) is 11.9 Å². The van der Waals surface area contributed by atoms with Crippen molar-refractivity contribution in [2.45, 2.75) is 31.2 Å². The average Bonchev–Trinajstić information content (AvgIpc) is 2.96. The van der Waals surface area contributed by atoms with Gasteiger partial charge >= 0.3 is 6.03 Å². The normalized spacial score (nSPS) is 21.8. The highest BCUT2D eigenvalue weighted by Crippen LogP contribution is 2.42. The minimum Gasteiger partial charge on any atom is -0.312 e. The van der Waals surface area contributed by atoms with Crippen LogP contribution in [0.1, 0.15) is 25.7 Å². The predicted octanol–water partition coefficient (Wildman–Crippen LogP) is 3.05.